The number of ether oxygens (including phenoxy) is 2. The van der Waals surface area contributed by atoms with Crippen molar-refractivity contribution in [2.45, 2.75) is 129 Å². The molecule has 0 radical (unpaired) electrons. The Morgan fingerprint density at radius 2 is 0.904 bits per heavy atom. The molecule has 0 aromatic carbocycles. The minimum Gasteiger partial charge on any atom is -0.466 e. The monoisotopic (exact) mass is 824 g/mol. The first-order chi connectivity index (χ1) is 23.2. The molecule has 16 heteroatoms. The van der Waals surface area contributed by atoms with Crippen molar-refractivity contribution in [2.24, 2.45) is 22.9 Å². The summed E-state index contributed by atoms with van der Waals surface area (Å²) < 4.78 is 10.7. The fourth-order valence-corrected chi connectivity index (χ4v) is 4.94. The minimum absolute atomic E-state index is 0. The van der Waals surface area contributed by atoms with Crippen molar-refractivity contribution in [3.8, 4) is 0 Å². The second-order valence-corrected chi connectivity index (χ2v) is 12.1. The molecule has 2 amide bonds. The normalized spacial score (nSPS) is 11.7. The predicted molar refractivity (Wildman–Crippen MR) is 222 cm³/mol. The molecule has 0 aromatic rings. The van der Waals surface area contributed by atoms with Crippen molar-refractivity contribution in [1.82, 2.24) is 9.80 Å². The average molecular weight is 827 g/mol. The third-order valence-electron chi connectivity index (χ3n) is 7.84. The molecule has 0 aliphatic heterocycles. The van der Waals surface area contributed by atoms with Crippen LogP contribution in [0, 0.1) is 0 Å². The Morgan fingerprint density at radius 1 is 0.538 bits per heavy atom. The number of carbonyl (C=O) groups excluding carboxylic acids is 4. The summed E-state index contributed by atoms with van der Waals surface area (Å²) in [6, 6.07) is -1.37. The molecule has 8 N–H and O–H groups in total. The van der Waals surface area contributed by atoms with E-state index in [1.165, 1.54) is 0 Å². The molecule has 0 unspecified atom stereocenters. The van der Waals surface area contributed by atoms with Gasteiger partial charge in [-0.05, 0) is 90.1 Å². The van der Waals surface area contributed by atoms with Gasteiger partial charge in [-0.15, -0.1) is 49.6 Å². The van der Waals surface area contributed by atoms with E-state index in [2.05, 4.69) is 38.2 Å². The highest BCUT2D eigenvalue weighted by atomic mass is 35.5. The van der Waals surface area contributed by atoms with Gasteiger partial charge in [0.1, 0.15) is 0 Å². The Labute approximate surface area is 338 Å². The number of halogens is 4. The fraction of sp³-hybridized carbons (Fsp3) is 0.778. The zero-order valence-corrected chi connectivity index (χ0v) is 35.0. The Morgan fingerprint density at radius 3 is 1.23 bits per heavy atom. The molecule has 0 fully saturated rings. The van der Waals surface area contributed by atoms with Gasteiger partial charge in [0.25, 0.3) is 0 Å². The lowest BCUT2D eigenvalue weighted by atomic mass is 10.1. The van der Waals surface area contributed by atoms with Crippen LogP contribution in [0.1, 0.15) is 117 Å². The Bertz CT molecular complexity index is 864. The first-order valence-corrected chi connectivity index (χ1v) is 18.3. The van der Waals surface area contributed by atoms with Gasteiger partial charge < -0.3 is 42.2 Å². The maximum atomic E-state index is 13.3. The van der Waals surface area contributed by atoms with E-state index in [4.69, 9.17) is 32.4 Å². The number of rotatable bonds is 31. The lowest BCUT2D eigenvalue weighted by Crippen LogP contribution is -2.46. The van der Waals surface area contributed by atoms with E-state index in [1.54, 1.807) is 9.80 Å². The van der Waals surface area contributed by atoms with Crippen molar-refractivity contribution in [3.63, 3.8) is 0 Å². The van der Waals surface area contributed by atoms with Crippen LogP contribution >= 0.6 is 49.6 Å². The summed E-state index contributed by atoms with van der Waals surface area (Å²) in [7, 11) is 0. The molecule has 0 saturated heterocycles. The molecule has 0 spiro atoms. The first-order valence-electron chi connectivity index (χ1n) is 18.3. The number of carbonyl (C=O) groups is 4. The van der Waals surface area contributed by atoms with Crippen molar-refractivity contribution < 1.29 is 28.7 Å². The van der Waals surface area contributed by atoms with E-state index < -0.39 is 12.1 Å². The number of hydrogen-bond acceptors (Lipinski definition) is 10. The van der Waals surface area contributed by atoms with Crippen LogP contribution in [0.15, 0.2) is 24.3 Å². The summed E-state index contributed by atoms with van der Waals surface area (Å²) in [6.07, 6.45) is 18.8. The van der Waals surface area contributed by atoms with Crippen molar-refractivity contribution in [3.05, 3.63) is 24.3 Å². The van der Waals surface area contributed by atoms with Crippen molar-refractivity contribution in [2.75, 3.05) is 52.5 Å². The van der Waals surface area contributed by atoms with E-state index in [9.17, 15) is 19.2 Å². The zero-order chi connectivity index (χ0) is 35.8. The summed E-state index contributed by atoms with van der Waals surface area (Å²) in [4.78, 5) is 54.6. The fourth-order valence-electron chi connectivity index (χ4n) is 4.94. The molecular formula is C36H72Cl4N6O6. The van der Waals surface area contributed by atoms with Gasteiger partial charge >= 0.3 is 11.9 Å². The first kappa shape index (κ1) is 59.6. The SMILES string of the molecule is CC/C=C\CCCOC(=O)CCN(CCCCN(CCC(=O)OCCC/C=C\CC)C(=O)[C@@H](N)CCCCN)C(=O)[C@@H](N)CCCCN.Cl.Cl.Cl.Cl. The third-order valence-corrected chi connectivity index (χ3v) is 7.84. The van der Waals surface area contributed by atoms with Crippen LogP contribution in [0.2, 0.25) is 0 Å². The van der Waals surface area contributed by atoms with E-state index in [0.29, 0.717) is 65.1 Å². The maximum absolute atomic E-state index is 13.3. The van der Waals surface area contributed by atoms with Gasteiger partial charge in [-0.25, -0.2) is 0 Å². The molecule has 0 rings (SSSR count). The second kappa shape index (κ2) is 42.1. The standard InChI is InChI=1S/C36H68N6O6.4ClH/c1-3-5-7-9-17-29-47-33(43)21-27-41(35(45)31(39)19-11-13-23-37)25-15-16-26-42(36(46)32(40)20-12-14-24-38)28-22-34(44)48-30-18-10-8-6-4-2;;;;/h5-8,31-32H,3-4,9-30,37-40H2,1-2H3;4*1H/b7-5-,8-6-;;;;/t31-,32-;;;;/m0..../s1. The van der Waals surface area contributed by atoms with Crippen LogP contribution in [0.4, 0.5) is 0 Å². The predicted octanol–water partition coefficient (Wildman–Crippen LogP) is 5.38. The number of allylic oxidation sites excluding steroid dienone is 4. The van der Waals surface area contributed by atoms with Gasteiger partial charge in [0.2, 0.25) is 11.8 Å². The number of unbranched alkanes of at least 4 members (excludes halogenated alkanes) is 5. The molecule has 0 aliphatic rings. The number of amides is 2. The number of hydrogen-bond donors (Lipinski definition) is 4. The number of nitrogens with zero attached hydrogens (tertiary/aromatic N) is 2. The topological polar surface area (TPSA) is 197 Å². The molecule has 0 saturated carbocycles. The zero-order valence-electron chi connectivity index (χ0n) is 31.7. The smallest absolute Gasteiger partial charge is 0.307 e. The highest BCUT2D eigenvalue weighted by Crippen LogP contribution is 2.10. The lowest BCUT2D eigenvalue weighted by Gasteiger charge is -2.28. The quantitative estimate of drug-likeness (QED) is 0.0400. The highest BCUT2D eigenvalue weighted by molar-refractivity contribution is 5.86. The van der Waals surface area contributed by atoms with E-state index in [-0.39, 0.29) is 99.3 Å². The molecule has 0 heterocycles. The summed E-state index contributed by atoms with van der Waals surface area (Å²) in [5.41, 5.74) is 23.7. The van der Waals surface area contributed by atoms with Gasteiger partial charge in [-0.3, -0.25) is 19.2 Å². The Hall–Kier alpha value is -1.64. The van der Waals surface area contributed by atoms with Gasteiger partial charge in [-0.2, -0.15) is 0 Å². The molecule has 310 valence electrons. The van der Waals surface area contributed by atoms with Crippen LogP contribution in [-0.2, 0) is 28.7 Å². The lowest BCUT2D eigenvalue weighted by molar-refractivity contribution is -0.146. The molecule has 0 bridgehead atoms. The van der Waals surface area contributed by atoms with E-state index >= 15 is 0 Å². The second-order valence-electron chi connectivity index (χ2n) is 12.1. The Balaban J connectivity index is -0.00000184. The summed E-state index contributed by atoms with van der Waals surface area (Å²) in [5, 5.41) is 0. The average Bonchev–Trinajstić information content (AvgIpc) is 3.08. The van der Waals surface area contributed by atoms with Crippen molar-refractivity contribution >= 4 is 73.4 Å². The van der Waals surface area contributed by atoms with Crippen LogP contribution in [-0.4, -0.2) is 98.1 Å². The van der Waals surface area contributed by atoms with Crippen LogP contribution in [0.25, 0.3) is 0 Å². The Kier molecular flexibility index (Phi) is 48.3. The minimum atomic E-state index is -0.684. The van der Waals surface area contributed by atoms with E-state index in [0.717, 1.165) is 64.2 Å². The van der Waals surface area contributed by atoms with Crippen molar-refractivity contribution in [1.29, 1.82) is 0 Å². The third kappa shape index (κ3) is 33.0. The van der Waals surface area contributed by atoms with Gasteiger partial charge in [0.05, 0.1) is 38.1 Å². The maximum Gasteiger partial charge on any atom is 0.307 e. The van der Waals surface area contributed by atoms with Gasteiger partial charge in [-0.1, -0.05) is 51.0 Å². The van der Waals surface area contributed by atoms with Gasteiger partial charge in [0, 0.05) is 26.2 Å². The summed E-state index contributed by atoms with van der Waals surface area (Å²) in [5.74, 6) is -1.14. The summed E-state index contributed by atoms with van der Waals surface area (Å²) >= 11 is 0. The molecule has 0 aliphatic carbocycles. The molecular weight excluding hydrogens is 754 g/mol. The largest absolute Gasteiger partial charge is 0.466 e. The highest BCUT2D eigenvalue weighted by Gasteiger charge is 2.24. The number of esters is 2. The van der Waals surface area contributed by atoms with Crippen LogP contribution in [0.3, 0.4) is 0 Å². The van der Waals surface area contributed by atoms with Crippen LogP contribution in [0.5, 0.6) is 0 Å². The van der Waals surface area contributed by atoms with E-state index in [1.807, 2.05) is 0 Å². The molecule has 12 nitrogen and oxygen atoms in total. The molecule has 52 heavy (non-hydrogen) atoms. The number of nitrogens with two attached hydrogens (primary N) is 4. The molecule has 0 aromatic heterocycles. The van der Waals surface area contributed by atoms with Crippen LogP contribution < -0.4 is 22.9 Å². The summed E-state index contributed by atoms with van der Waals surface area (Å²) in [6.45, 7) is 7.02. The molecule has 2 atom stereocenters. The van der Waals surface area contributed by atoms with Gasteiger partial charge in [0.15, 0.2) is 0 Å².